The summed E-state index contributed by atoms with van der Waals surface area (Å²) >= 11 is 3.46. The van der Waals surface area contributed by atoms with Crippen LogP contribution in [0.25, 0.3) is 0 Å². The molecule has 4 heteroatoms. The third-order valence-corrected chi connectivity index (χ3v) is 8.80. The highest BCUT2D eigenvalue weighted by Crippen LogP contribution is 2.58. The first-order valence-electron chi connectivity index (χ1n) is 13.7. The molecule has 0 aliphatic heterocycles. The van der Waals surface area contributed by atoms with Crippen LogP contribution >= 0.6 is 15.9 Å². The molecule has 0 saturated carbocycles. The molecule has 0 fully saturated rings. The third-order valence-electron chi connectivity index (χ3n) is 8.27. The van der Waals surface area contributed by atoms with Crippen molar-refractivity contribution < 1.29 is 14.3 Å². The van der Waals surface area contributed by atoms with E-state index in [-0.39, 0.29) is 5.97 Å². The molecule has 3 aromatic carbocycles. The number of carbonyl (C=O) groups excluding carboxylic acids is 1. The van der Waals surface area contributed by atoms with Crippen molar-refractivity contribution in [3.8, 4) is 11.5 Å². The normalized spacial score (nSPS) is 21.8. The van der Waals surface area contributed by atoms with Gasteiger partial charge in [0.25, 0.3) is 0 Å². The highest BCUT2D eigenvalue weighted by atomic mass is 79.9. The Labute approximate surface area is 235 Å². The fourth-order valence-corrected chi connectivity index (χ4v) is 6.77. The first kappa shape index (κ1) is 26.7. The van der Waals surface area contributed by atoms with Gasteiger partial charge < -0.3 is 9.47 Å². The van der Waals surface area contributed by atoms with Crippen molar-refractivity contribution in [1.82, 2.24) is 0 Å². The van der Waals surface area contributed by atoms with E-state index in [1.54, 1.807) is 12.1 Å². The number of esters is 1. The number of allylic oxidation sites excluding steroid dienone is 2. The fraction of sp³-hybridized carbons (Fsp3) is 0.382. The standard InChI is InChI=1S/C34H37BrO3/c1-20(2)17-26-18-22(4)28-16-11-21(3)29-31(28)30(26)23(5)32(33(29)37-19-24-9-7-6-8-10-24)38-34(36)25-12-14-27(35)15-13-25/h6-10,12-15,17,21-22,26,28H,11,16,18-19H2,1-5H3/t21-,22-,26+,28?/m0/s1. The van der Waals surface area contributed by atoms with Gasteiger partial charge in [-0.3, -0.25) is 0 Å². The number of ether oxygens (including phenoxy) is 2. The number of hydrogen-bond donors (Lipinski definition) is 0. The summed E-state index contributed by atoms with van der Waals surface area (Å²) in [6, 6.07) is 17.5. The maximum Gasteiger partial charge on any atom is 0.343 e. The number of carbonyl (C=O) groups is 1. The van der Waals surface area contributed by atoms with Crippen LogP contribution in [0.2, 0.25) is 0 Å². The highest BCUT2D eigenvalue weighted by Gasteiger charge is 2.42. The van der Waals surface area contributed by atoms with Gasteiger partial charge in [0.2, 0.25) is 0 Å². The minimum Gasteiger partial charge on any atom is -0.485 e. The van der Waals surface area contributed by atoms with Crippen LogP contribution in [0.5, 0.6) is 11.5 Å². The average Bonchev–Trinajstić information content (AvgIpc) is 2.89. The van der Waals surface area contributed by atoms with Crippen molar-refractivity contribution in [1.29, 1.82) is 0 Å². The van der Waals surface area contributed by atoms with Gasteiger partial charge >= 0.3 is 5.97 Å². The van der Waals surface area contributed by atoms with Crippen molar-refractivity contribution in [2.45, 2.75) is 78.2 Å². The molecule has 2 aliphatic carbocycles. The lowest BCUT2D eigenvalue weighted by molar-refractivity contribution is 0.0725. The van der Waals surface area contributed by atoms with Crippen LogP contribution in [0, 0.1) is 12.8 Å². The van der Waals surface area contributed by atoms with E-state index in [1.165, 1.54) is 28.7 Å². The predicted octanol–water partition coefficient (Wildman–Crippen LogP) is 9.63. The smallest absolute Gasteiger partial charge is 0.343 e. The van der Waals surface area contributed by atoms with E-state index < -0.39 is 0 Å². The number of benzene rings is 3. The number of rotatable bonds is 6. The Hall–Kier alpha value is -2.85. The summed E-state index contributed by atoms with van der Waals surface area (Å²) in [7, 11) is 0. The summed E-state index contributed by atoms with van der Waals surface area (Å²) in [5.74, 6) is 2.70. The fourth-order valence-electron chi connectivity index (χ4n) is 6.51. The molecule has 0 radical (unpaired) electrons. The molecule has 0 heterocycles. The summed E-state index contributed by atoms with van der Waals surface area (Å²) in [6.45, 7) is 11.6. The molecule has 2 aliphatic rings. The van der Waals surface area contributed by atoms with Crippen LogP contribution in [-0.2, 0) is 6.61 Å². The number of halogens is 1. The van der Waals surface area contributed by atoms with Gasteiger partial charge in [0.05, 0.1) is 5.56 Å². The second kappa shape index (κ2) is 11.1. The monoisotopic (exact) mass is 572 g/mol. The van der Waals surface area contributed by atoms with Crippen molar-refractivity contribution in [3.63, 3.8) is 0 Å². The maximum atomic E-state index is 13.4. The van der Waals surface area contributed by atoms with E-state index in [9.17, 15) is 4.79 Å². The summed E-state index contributed by atoms with van der Waals surface area (Å²) in [4.78, 5) is 13.4. The Bertz CT molecular complexity index is 1350. The van der Waals surface area contributed by atoms with E-state index in [4.69, 9.17) is 9.47 Å². The summed E-state index contributed by atoms with van der Waals surface area (Å²) in [5, 5.41) is 0. The van der Waals surface area contributed by atoms with Gasteiger partial charge in [-0.2, -0.15) is 0 Å². The lowest BCUT2D eigenvalue weighted by Crippen LogP contribution is -2.29. The van der Waals surface area contributed by atoms with E-state index in [0.29, 0.717) is 41.6 Å². The van der Waals surface area contributed by atoms with E-state index in [1.807, 2.05) is 30.3 Å². The average molecular weight is 574 g/mol. The van der Waals surface area contributed by atoms with Crippen molar-refractivity contribution in [2.24, 2.45) is 5.92 Å². The van der Waals surface area contributed by atoms with Crippen LogP contribution < -0.4 is 9.47 Å². The molecular weight excluding hydrogens is 536 g/mol. The minimum atomic E-state index is -0.361. The van der Waals surface area contributed by atoms with E-state index in [0.717, 1.165) is 34.2 Å². The summed E-state index contributed by atoms with van der Waals surface area (Å²) in [5.41, 5.74) is 8.01. The Morgan fingerprint density at radius 1 is 0.947 bits per heavy atom. The quantitative estimate of drug-likeness (QED) is 0.167. The molecule has 0 aromatic heterocycles. The molecule has 4 atom stereocenters. The minimum absolute atomic E-state index is 0.304. The predicted molar refractivity (Wildman–Crippen MR) is 157 cm³/mol. The lowest BCUT2D eigenvalue weighted by Gasteiger charge is -2.43. The van der Waals surface area contributed by atoms with Gasteiger partial charge in [-0.25, -0.2) is 4.79 Å². The molecule has 1 unspecified atom stereocenters. The molecule has 0 spiro atoms. The van der Waals surface area contributed by atoms with E-state index in [2.05, 4.69) is 68.8 Å². The summed E-state index contributed by atoms with van der Waals surface area (Å²) < 4.78 is 13.9. The van der Waals surface area contributed by atoms with Crippen LogP contribution in [0.4, 0.5) is 0 Å². The first-order chi connectivity index (χ1) is 18.2. The molecule has 0 amide bonds. The van der Waals surface area contributed by atoms with Crippen LogP contribution in [0.3, 0.4) is 0 Å². The Kier molecular flexibility index (Phi) is 7.81. The molecule has 3 aromatic rings. The van der Waals surface area contributed by atoms with Crippen molar-refractivity contribution in [3.05, 3.63) is 104 Å². The molecule has 0 bridgehead atoms. The SMILES string of the molecule is CC(C)=C[C@@H]1C[C@H](C)C2CC[C@H](C)c3c(OCc4ccccc4)c(OC(=O)c4ccc(Br)cc4)c(C)c1c32. The second-order valence-corrected chi connectivity index (χ2v) is 12.3. The van der Waals surface area contributed by atoms with Crippen LogP contribution in [0.1, 0.15) is 103 Å². The maximum absolute atomic E-state index is 13.4. The zero-order chi connectivity index (χ0) is 27.0. The zero-order valence-electron chi connectivity index (χ0n) is 23.0. The van der Waals surface area contributed by atoms with Crippen LogP contribution in [0.15, 0.2) is 70.7 Å². The highest BCUT2D eigenvalue weighted by molar-refractivity contribution is 9.10. The van der Waals surface area contributed by atoms with Gasteiger partial charge in [-0.15, -0.1) is 0 Å². The molecule has 5 rings (SSSR count). The number of hydrogen-bond acceptors (Lipinski definition) is 3. The van der Waals surface area contributed by atoms with Gasteiger partial charge in [0, 0.05) is 16.0 Å². The van der Waals surface area contributed by atoms with Gasteiger partial charge in [0.1, 0.15) is 6.61 Å². The van der Waals surface area contributed by atoms with Crippen molar-refractivity contribution in [2.75, 3.05) is 0 Å². The second-order valence-electron chi connectivity index (χ2n) is 11.3. The summed E-state index contributed by atoms with van der Waals surface area (Å²) in [6.07, 6.45) is 5.82. The van der Waals surface area contributed by atoms with Crippen LogP contribution in [-0.4, -0.2) is 5.97 Å². The largest absolute Gasteiger partial charge is 0.485 e. The molecule has 198 valence electrons. The van der Waals surface area contributed by atoms with E-state index >= 15 is 0 Å². The Morgan fingerprint density at radius 3 is 2.34 bits per heavy atom. The Morgan fingerprint density at radius 2 is 1.66 bits per heavy atom. The van der Waals surface area contributed by atoms with Gasteiger partial charge in [-0.05, 0) is 104 Å². The van der Waals surface area contributed by atoms with Gasteiger partial charge in [-0.1, -0.05) is 71.8 Å². The molecular formula is C34H37BrO3. The first-order valence-corrected chi connectivity index (χ1v) is 14.5. The molecule has 38 heavy (non-hydrogen) atoms. The van der Waals surface area contributed by atoms with Gasteiger partial charge in [0.15, 0.2) is 11.5 Å². The topological polar surface area (TPSA) is 35.5 Å². The zero-order valence-corrected chi connectivity index (χ0v) is 24.6. The third kappa shape index (κ3) is 5.20. The molecule has 0 N–H and O–H groups in total. The molecule has 0 saturated heterocycles. The molecule has 3 nitrogen and oxygen atoms in total. The van der Waals surface area contributed by atoms with Crippen molar-refractivity contribution >= 4 is 21.9 Å². The Balaban J connectivity index is 1.70. The lowest BCUT2D eigenvalue weighted by atomic mass is 9.62.